The highest BCUT2D eigenvalue weighted by Gasteiger charge is 2.42. The van der Waals surface area contributed by atoms with Crippen LogP contribution in [-0.2, 0) is 20.2 Å². The highest BCUT2D eigenvalue weighted by atomic mass is 32.2. The van der Waals surface area contributed by atoms with E-state index in [9.17, 15) is 13.2 Å². The molecule has 1 aromatic rings. The number of carbonyl (C=O) groups excluding carboxylic acids is 1. The Morgan fingerprint density at radius 3 is 2.50 bits per heavy atom. The number of hydrogen-bond donors (Lipinski definition) is 1. The monoisotopic (exact) mass is 322 g/mol. The first-order valence-electron chi connectivity index (χ1n) is 7.68. The van der Waals surface area contributed by atoms with Crippen LogP contribution < -0.4 is 9.62 Å². The Morgan fingerprint density at radius 2 is 1.86 bits per heavy atom. The number of amides is 1. The third-order valence-corrected chi connectivity index (χ3v) is 6.35. The summed E-state index contributed by atoms with van der Waals surface area (Å²) in [5.41, 5.74) is 0.868. The average molecular weight is 322 g/mol. The van der Waals surface area contributed by atoms with E-state index in [0.717, 1.165) is 36.9 Å². The third kappa shape index (κ3) is 2.34. The average Bonchev–Trinajstić information content (AvgIpc) is 3.01. The number of hydrogen-bond acceptors (Lipinski definition) is 3. The standard InChI is InChI=1S/C16H22N2O3S/c1-16(2)13-10-12(8-9-14(13)18(3)15(16)19)22(20,21)17-11-6-4-5-7-11/h8-11,17H,4-7H2,1-3H3. The lowest BCUT2D eigenvalue weighted by Crippen LogP contribution is -2.33. The van der Waals surface area contributed by atoms with Crippen molar-refractivity contribution in [2.24, 2.45) is 0 Å². The number of nitrogens with one attached hydrogen (secondary N) is 1. The summed E-state index contributed by atoms with van der Waals surface area (Å²) in [5, 5.41) is 0. The van der Waals surface area contributed by atoms with Crippen molar-refractivity contribution in [3.8, 4) is 0 Å². The van der Waals surface area contributed by atoms with Crippen LogP contribution in [0.25, 0.3) is 0 Å². The largest absolute Gasteiger partial charge is 0.314 e. The minimum absolute atomic E-state index is 0.0131. The quantitative estimate of drug-likeness (QED) is 0.927. The van der Waals surface area contributed by atoms with E-state index in [1.165, 1.54) is 0 Å². The number of nitrogens with zero attached hydrogens (tertiary/aromatic N) is 1. The van der Waals surface area contributed by atoms with E-state index in [0.29, 0.717) is 0 Å². The number of fused-ring (bicyclic) bond motifs is 1. The number of rotatable bonds is 3. The molecule has 1 amide bonds. The van der Waals surface area contributed by atoms with Crippen molar-refractivity contribution in [2.75, 3.05) is 11.9 Å². The smallest absolute Gasteiger partial charge is 0.240 e. The molecule has 5 nitrogen and oxygen atoms in total. The van der Waals surface area contributed by atoms with Crippen molar-refractivity contribution in [1.29, 1.82) is 0 Å². The van der Waals surface area contributed by atoms with Crippen LogP contribution in [0.5, 0.6) is 0 Å². The minimum atomic E-state index is -3.53. The van der Waals surface area contributed by atoms with Crippen LogP contribution in [0.1, 0.15) is 45.1 Å². The molecule has 1 aromatic carbocycles. The van der Waals surface area contributed by atoms with Gasteiger partial charge in [-0.05, 0) is 50.5 Å². The molecule has 1 heterocycles. The minimum Gasteiger partial charge on any atom is -0.314 e. The van der Waals surface area contributed by atoms with Crippen LogP contribution in [0, 0.1) is 0 Å². The fourth-order valence-electron chi connectivity index (χ4n) is 3.45. The lowest BCUT2D eigenvalue weighted by molar-refractivity contribution is -0.121. The number of likely N-dealkylation sites (N-methyl/N-ethyl adjacent to an activating group) is 1. The van der Waals surface area contributed by atoms with Gasteiger partial charge in [0, 0.05) is 18.8 Å². The van der Waals surface area contributed by atoms with Gasteiger partial charge in [0.05, 0.1) is 10.3 Å². The Morgan fingerprint density at radius 1 is 1.23 bits per heavy atom. The van der Waals surface area contributed by atoms with Gasteiger partial charge in [-0.15, -0.1) is 0 Å². The second-order valence-corrected chi connectivity index (χ2v) is 8.48. The number of benzene rings is 1. The Kier molecular flexibility index (Phi) is 3.57. The molecule has 0 spiro atoms. The molecule has 1 aliphatic heterocycles. The number of carbonyl (C=O) groups is 1. The van der Waals surface area contributed by atoms with Crippen LogP contribution in [0.3, 0.4) is 0 Å². The van der Waals surface area contributed by atoms with Crippen molar-refractivity contribution >= 4 is 21.6 Å². The molecule has 2 aliphatic rings. The topological polar surface area (TPSA) is 66.5 Å². The molecule has 0 unspecified atom stereocenters. The Labute approximate surface area is 131 Å². The first-order chi connectivity index (χ1) is 10.2. The second kappa shape index (κ2) is 5.06. The van der Waals surface area contributed by atoms with Crippen LogP contribution >= 0.6 is 0 Å². The Hall–Kier alpha value is -1.40. The molecule has 6 heteroatoms. The van der Waals surface area contributed by atoms with Gasteiger partial charge in [0.1, 0.15) is 0 Å². The fourth-order valence-corrected chi connectivity index (χ4v) is 4.78. The van der Waals surface area contributed by atoms with Crippen LogP contribution in [0.4, 0.5) is 5.69 Å². The lowest BCUT2D eigenvalue weighted by atomic mass is 9.86. The van der Waals surface area contributed by atoms with E-state index < -0.39 is 15.4 Å². The summed E-state index contributed by atoms with van der Waals surface area (Å²) in [6, 6.07) is 5.00. The van der Waals surface area contributed by atoms with Crippen molar-refractivity contribution < 1.29 is 13.2 Å². The summed E-state index contributed by atoms with van der Waals surface area (Å²) in [4.78, 5) is 14.1. The molecular weight excluding hydrogens is 300 g/mol. The fraction of sp³-hybridized carbons (Fsp3) is 0.562. The molecule has 0 radical (unpaired) electrons. The van der Waals surface area contributed by atoms with Crippen LogP contribution in [-0.4, -0.2) is 27.4 Å². The van der Waals surface area contributed by atoms with Crippen molar-refractivity contribution in [3.05, 3.63) is 23.8 Å². The van der Waals surface area contributed by atoms with E-state index >= 15 is 0 Å². The van der Waals surface area contributed by atoms with Gasteiger partial charge in [-0.1, -0.05) is 12.8 Å². The van der Waals surface area contributed by atoms with E-state index in [1.54, 1.807) is 30.1 Å². The van der Waals surface area contributed by atoms with Gasteiger partial charge in [-0.25, -0.2) is 13.1 Å². The molecule has 0 saturated heterocycles. The normalized spacial score (nSPS) is 21.4. The highest BCUT2D eigenvalue weighted by molar-refractivity contribution is 7.89. The van der Waals surface area contributed by atoms with Gasteiger partial charge < -0.3 is 4.90 Å². The molecule has 1 fully saturated rings. The number of anilines is 1. The van der Waals surface area contributed by atoms with E-state index in [4.69, 9.17) is 0 Å². The van der Waals surface area contributed by atoms with Gasteiger partial charge >= 0.3 is 0 Å². The maximum atomic E-state index is 12.6. The number of sulfonamides is 1. The Bertz CT molecular complexity index is 719. The van der Waals surface area contributed by atoms with Crippen molar-refractivity contribution in [2.45, 2.75) is 55.9 Å². The van der Waals surface area contributed by atoms with Gasteiger partial charge in [0.25, 0.3) is 0 Å². The van der Waals surface area contributed by atoms with Gasteiger partial charge in [0.2, 0.25) is 15.9 Å². The van der Waals surface area contributed by atoms with Gasteiger partial charge in [-0.3, -0.25) is 4.79 Å². The second-order valence-electron chi connectivity index (χ2n) is 6.77. The van der Waals surface area contributed by atoms with E-state index in [2.05, 4.69) is 4.72 Å². The molecular formula is C16H22N2O3S. The molecule has 22 heavy (non-hydrogen) atoms. The first-order valence-corrected chi connectivity index (χ1v) is 9.17. The maximum absolute atomic E-state index is 12.6. The van der Waals surface area contributed by atoms with Crippen molar-refractivity contribution in [3.63, 3.8) is 0 Å². The summed E-state index contributed by atoms with van der Waals surface area (Å²) in [6.07, 6.45) is 3.95. The molecule has 0 aromatic heterocycles. The molecule has 1 N–H and O–H groups in total. The predicted octanol–water partition coefficient (Wildman–Crippen LogP) is 2.16. The SMILES string of the molecule is CN1C(=O)C(C)(C)c2cc(S(=O)(=O)NC3CCCC3)ccc21. The first kappa shape index (κ1) is 15.5. The zero-order chi connectivity index (χ0) is 16.1. The zero-order valence-electron chi connectivity index (χ0n) is 13.2. The lowest BCUT2D eigenvalue weighted by Gasteiger charge is -2.17. The Balaban J connectivity index is 1.97. The zero-order valence-corrected chi connectivity index (χ0v) is 14.0. The van der Waals surface area contributed by atoms with Crippen LogP contribution in [0.15, 0.2) is 23.1 Å². The van der Waals surface area contributed by atoms with Gasteiger partial charge in [0.15, 0.2) is 0 Å². The molecule has 0 bridgehead atoms. The maximum Gasteiger partial charge on any atom is 0.240 e. The predicted molar refractivity (Wildman–Crippen MR) is 85.5 cm³/mol. The molecule has 0 atom stereocenters. The summed E-state index contributed by atoms with van der Waals surface area (Å²) >= 11 is 0. The molecule has 120 valence electrons. The summed E-state index contributed by atoms with van der Waals surface area (Å²) in [7, 11) is -1.81. The molecule has 3 rings (SSSR count). The molecule has 1 aliphatic carbocycles. The van der Waals surface area contributed by atoms with E-state index in [1.807, 2.05) is 13.8 Å². The van der Waals surface area contributed by atoms with Gasteiger partial charge in [-0.2, -0.15) is 0 Å². The van der Waals surface area contributed by atoms with Crippen molar-refractivity contribution in [1.82, 2.24) is 4.72 Å². The third-order valence-electron chi connectivity index (χ3n) is 4.83. The summed E-state index contributed by atoms with van der Waals surface area (Å²) in [5.74, 6) is -0.0131. The molecule has 1 saturated carbocycles. The summed E-state index contributed by atoms with van der Waals surface area (Å²) < 4.78 is 27.9. The van der Waals surface area contributed by atoms with E-state index in [-0.39, 0.29) is 16.8 Å². The summed E-state index contributed by atoms with van der Waals surface area (Å²) in [6.45, 7) is 3.66. The van der Waals surface area contributed by atoms with Crippen LogP contribution in [0.2, 0.25) is 0 Å². The highest BCUT2D eigenvalue weighted by Crippen LogP contribution is 2.41.